The molecule has 2 unspecified atom stereocenters. The Hall–Kier alpha value is -1.15. The zero-order valence-corrected chi connectivity index (χ0v) is 12.8. The summed E-state index contributed by atoms with van der Waals surface area (Å²) in [6.07, 6.45) is 0.780. The van der Waals surface area contributed by atoms with Gasteiger partial charge in [0.05, 0.1) is 35.7 Å². The highest BCUT2D eigenvalue weighted by molar-refractivity contribution is 7.85. The lowest BCUT2D eigenvalue weighted by Gasteiger charge is -2.17. The van der Waals surface area contributed by atoms with Gasteiger partial charge >= 0.3 is 11.9 Å². The summed E-state index contributed by atoms with van der Waals surface area (Å²) in [6.45, 7) is 3.33. The van der Waals surface area contributed by atoms with Gasteiger partial charge in [-0.25, -0.2) is 8.42 Å². The van der Waals surface area contributed by atoms with Crippen molar-refractivity contribution in [3.63, 3.8) is 0 Å². The lowest BCUT2D eigenvalue weighted by molar-refractivity contribution is -0.151. The van der Waals surface area contributed by atoms with Gasteiger partial charge in [-0.3, -0.25) is 9.59 Å². The molecule has 20 heavy (non-hydrogen) atoms. The fraction of sp³-hybridized carbons (Fsp3) is 0.833. The van der Waals surface area contributed by atoms with Crippen molar-refractivity contribution >= 4 is 22.1 Å². The Balaban J connectivity index is 4.18. The van der Waals surface area contributed by atoms with E-state index in [0.29, 0.717) is 12.8 Å². The number of hydrogen-bond donors (Lipinski definition) is 0. The second-order valence-corrected chi connectivity index (χ2v) is 6.07. The quantitative estimate of drug-likeness (QED) is 0.350. The summed E-state index contributed by atoms with van der Waals surface area (Å²) in [5, 5.41) is 0. The van der Waals surface area contributed by atoms with E-state index in [-0.39, 0.29) is 13.0 Å². The molecule has 0 N–H and O–H groups in total. The molecule has 0 heterocycles. The highest BCUT2D eigenvalue weighted by Gasteiger charge is 2.24. The molecule has 0 spiro atoms. The summed E-state index contributed by atoms with van der Waals surface area (Å²) < 4.78 is 40.6. The van der Waals surface area contributed by atoms with E-state index in [4.69, 9.17) is 4.74 Å². The van der Waals surface area contributed by atoms with Crippen LogP contribution in [0.1, 0.15) is 33.1 Å². The van der Waals surface area contributed by atoms with Crippen LogP contribution >= 0.6 is 0 Å². The van der Waals surface area contributed by atoms with Crippen LogP contribution < -0.4 is 0 Å². The van der Waals surface area contributed by atoms with Crippen LogP contribution in [0, 0.1) is 11.8 Å². The molecule has 0 amide bonds. The molecule has 8 heteroatoms. The van der Waals surface area contributed by atoms with Crippen molar-refractivity contribution in [2.45, 2.75) is 33.1 Å². The first-order chi connectivity index (χ1) is 9.21. The Bertz CT molecular complexity index is 416. The van der Waals surface area contributed by atoms with Crippen molar-refractivity contribution in [2.24, 2.45) is 11.8 Å². The Morgan fingerprint density at radius 1 is 1.25 bits per heavy atom. The van der Waals surface area contributed by atoms with Crippen LogP contribution in [0.25, 0.3) is 0 Å². The van der Waals surface area contributed by atoms with Crippen LogP contribution in [-0.4, -0.2) is 44.4 Å². The number of esters is 2. The van der Waals surface area contributed by atoms with E-state index in [1.807, 2.05) is 0 Å². The Morgan fingerprint density at radius 3 is 2.30 bits per heavy atom. The van der Waals surface area contributed by atoms with Gasteiger partial charge in [-0.2, -0.15) is 0 Å². The van der Waals surface area contributed by atoms with Gasteiger partial charge in [-0.05, 0) is 19.3 Å². The van der Waals surface area contributed by atoms with Crippen molar-refractivity contribution in [2.75, 3.05) is 19.5 Å². The molecule has 0 aromatic rings. The maximum absolute atomic E-state index is 11.7. The minimum atomic E-state index is -4.28. The molecule has 7 nitrogen and oxygen atoms in total. The van der Waals surface area contributed by atoms with Crippen LogP contribution in [-0.2, 0) is 29.2 Å². The van der Waals surface area contributed by atoms with Crippen molar-refractivity contribution in [1.29, 1.82) is 0 Å². The molecule has 0 aliphatic heterocycles. The minimum Gasteiger partial charge on any atom is -0.748 e. The summed E-state index contributed by atoms with van der Waals surface area (Å²) in [5.41, 5.74) is 0. The minimum absolute atomic E-state index is 0.0272. The number of carbonyl (C=O) groups is 2. The Morgan fingerprint density at radius 2 is 1.85 bits per heavy atom. The fourth-order valence-corrected chi connectivity index (χ4v) is 2.15. The van der Waals surface area contributed by atoms with E-state index < -0.39 is 39.6 Å². The van der Waals surface area contributed by atoms with Gasteiger partial charge in [0.25, 0.3) is 0 Å². The first-order valence-electron chi connectivity index (χ1n) is 6.39. The maximum atomic E-state index is 11.7. The highest BCUT2D eigenvalue weighted by Crippen LogP contribution is 2.18. The Labute approximate surface area is 119 Å². The topological polar surface area (TPSA) is 110 Å². The first-order valence-corrected chi connectivity index (χ1v) is 7.97. The third kappa shape index (κ3) is 8.11. The predicted octanol–water partition coefficient (Wildman–Crippen LogP) is 0.690. The van der Waals surface area contributed by atoms with Gasteiger partial charge in [0.15, 0.2) is 0 Å². The molecule has 0 aliphatic carbocycles. The smallest absolute Gasteiger partial charge is 0.308 e. The van der Waals surface area contributed by atoms with Gasteiger partial charge < -0.3 is 14.0 Å². The summed E-state index contributed by atoms with van der Waals surface area (Å²) >= 11 is 0. The van der Waals surface area contributed by atoms with Crippen LogP contribution in [0.4, 0.5) is 0 Å². The summed E-state index contributed by atoms with van der Waals surface area (Å²) in [6, 6.07) is 0. The van der Waals surface area contributed by atoms with Crippen LogP contribution in [0.5, 0.6) is 0 Å². The molecule has 0 aliphatic rings. The van der Waals surface area contributed by atoms with E-state index in [9.17, 15) is 22.6 Å². The van der Waals surface area contributed by atoms with Gasteiger partial charge in [0.1, 0.15) is 0 Å². The molecule has 0 bridgehead atoms. The third-order valence-electron chi connectivity index (χ3n) is 2.85. The monoisotopic (exact) mass is 309 g/mol. The molecular weight excluding hydrogens is 288 g/mol. The van der Waals surface area contributed by atoms with Gasteiger partial charge in [0, 0.05) is 5.75 Å². The fourth-order valence-electron chi connectivity index (χ4n) is 1.68. The zero-order chi connectivity index (χ0) is 15.8. The van der Waals surface area contributed by atoms with Gasteiger partial charge in [-0.1, -0.05) is 13.8 Å². The molecule has 0 fully saturated rings. The van der Waals surface area contributed by atoms with E-state index in [0.717, 1.165) is 0 Å². The molecule has 118 valence electrons. The van der Waals surface area contributed by atoms with Crippen LogP contribution in [0.15, 0.2) is 0 Å². The normalized spacial score (nSPS) is 14.4. The van der Waals surface area contributed by atoms with E-state index in [2.05, 4.69) is 4.74 Å². The lowest BCUT2D eigenvalue weighted by atomic mass is 9.94. The lowest BCUT2D eigenvalue weighted by Crippen LogP contribution is -2.24. The maximum Gasteiger partial charge on any atom is 0.308 e. The second kappa shape index (κ2) is 8.91. The van der Waals surface area contributed by atoms with Gasteiger partial charge in [0.2, 0.25) is 0 Å². The molecule has 0 aromatic carbocycles. The van der Waals surface area contributed by atoms with Crippen molar-refractivity contribution < 1.29 is 32.0 Å². The number of hydrogen-bond acceptors (Lipinski definition) is 7. The van der Waals surface area contributed by atoms with Crippen molar-refractivity contribution in [3.05, 3.63) is 0 Å². The predicted molar refractivity (Wildman–Crippen MR) is 69.7 cm³/mol. The van der Waals surface area contributed by atoms with Crippen molar-refractivity contribution in [1.82, 2.24) is 0 Å². The highest BCUT2D eigenvalue weighted by atomic mass is 32.2. The molecule has 0 rings (SSSR count). The van der Waals surface area contributed by atoms with Gasteiger partial charge in [-0.15, -0.1) is 0 Å². The summed E-state index contributed by atoms with van der Waals surface area (Å²) in [5.74, 6) is -2.32. The molecule has 0 saturated heterocycles. The van der Waals surface area contributed by atoms with E-state index in [1.54, 1.807) is 13.8 Å². The average Bonchev–Trinajstić information content (AvgIpc) is 2.38. The van der Waals surface area contributed by atoms with Crippen LogP contribution in [0.3, 0.4) is 0 Å². The Kier molecular flexibility index (Phi) is 8.40. The molecular formula is C12H21O7S-. The second-order valence-electron chi connectivity index (χ2n) is 4.55. The zero-order valence-electron chi connectivity index (χ0n) is 12.0. The number of rotatable bonds is 9. The summed E-state index contributed by atoms with van der Waals surface area (Å²) in [4.78, 5) is 23.0. The SMILES string of the molecule is CCC(CC(C)C(=O)OC)C(=O)OCCCS(=O)(=O)[O-]. The van der Waals surface area contributed by atoms with Crippen molar-refractivity contribution in [3.8, 4) is 0 Å². The number of carbonyl (C=O) groups excluding carboxylic acids is 2. The first kappa shape index (κ1) is 18.9. The molecule has 0 aromatic heterocycles. The number of ether oxygens (including phenoxy) is 2. The molecule has 0 saturated carbocycles. The molecule has 2 atom stereocenters. The third-order valence-corrected chi connectivity index (χ3v) is 3.64. The van der Waals surface area contributed by atoms with E-state index in [1.165, 1.54) is 7.11 Å². The van der Waals surface area contributed by atoms with E-state index >= 15 is 0 Å². The average molecular weight is 309 g/mol. The largest absolute Gasteiger partial charge is 0.748 e. The molecule has 0 radical (unpaired) electrons. The standard InChI is InChI=1S/C12H22O7S/c1-4-10(8-9(2)11(13)18-3)12(14)19-6-5-7-20(15,16)17/h9-10H,4-8H2,1-3H3,(H,15,16,17)/p-1. The van der Waals surface area contributed by atoms with Crippen LogP contribution in [0.2, 0.25) is 0 Å². The summed E-state index contributed by atoms with van der Waals surface area (Å²) in [7, 11) is -3.00. The number of methoxy groups -OCH3 is 1.